The van der Waals surface area contributed by atoms with Gasteiger partial charge in [-0.3, -0.25) is 14.4 Å². The Morgan fingerprint density at radius 2 is 0.879 bits per heavy atom. The molecule has 0 saturated heterocycles. The van der Waals surface area contributed by atoms with Gasteiger partial charge in [0.15, 0.2) is 5.92 Å². The van der Waals surface area contributed by atoms with Crippen LogP contribution in [0.1, 0.15) is 143 Å². The Labute approximate surface area is 201 Å². The molecular weight excluding hydrogens is 420 g/mol. The Balaban J connectivity index is 3.26. The first kappa shape index (κ1) is 31.4. The first-order valence-corrected chi connectivity index (χ1v) is 13.3. The number of ether oxygens (including phenoxy) is 1. The predicted octanol–water partition coefficient (Wildman–Crippen LogP) is 7.53. The van der Waals surface area contributed by atoms with Crippen molar-refractivity contribution in [3.8, 4) is 0 Å². The van der Waals surface area contributed by atoms with E-state index in [1.54, 1.807) is 0 Å². The zero-order valence-corrected chi connectivity index (χ0v) is 21.5. The lowest BCUT2D eigenvalue weighted by atomic mass is 10.00. The van der Waals surface area contributed by atoms with E-state index < -0.39 is 17.9 Å². The third-order valence-electron chi connectivity index (χ3n) is 5.89. The molecule has 33 heavy (non-hydrogen) atoms. The molecule has 0 aliphatic carbocycles. The third kappa shape index (κ3) is 22.0. The molecule has 0 radical (unpaired) electrons. The average Bonchev–Trinajstić information content (AvgIpc) is 2.70. The fourth-order valence-electron chi connectivity index (χ4n) is 4.01. The molecule has 0 aromatic rings. The van der Waals surface area contributed by atoms with Crippen molar-refractivity contribution < 1.29 is 29.3 Å². The van der Waals surface area contributed by atoms with Gasteiger partial charge in [0.1, 0.15) is 5.60 Å². The molecule has 2 N–H and O–H groups in total. The number of carboxylic acids is 2. The molecule has 0 amide bonds. The molecule has 0 aromatic heterocycles. The maximum absolute atomic E-state index is 11.6. The van der Waals surface area contributed by atoms with Crippen LogP contribution in [0, 0.1) is 5.92 Å². The lowest BCUT2D eigenvalue weighted by molar-refractivity contribution is -0.156. The maximum atomic E-state index is 11.6. The van der Waals surface area contributed by atoms with Crippen molar-refractivity contribution in [3.63, 3.8) is 0 Å². The molecule has 0 aliphatic rings. The topological polar surface area (TPSA) is 101 Å². The highest BCUT2D eigenvalue weighted by molar-refractivity contribution is 5.92. The monoisotopic (exact) mass is 470 g/mol. The smallest absolute Gasteiger partial charge is 0.317 e. The van der Waals surface area contributed by atoms with Crippen molar-refractivity contribution in [2.75, 3.05) is 0 Å². The SMILES string of the molecule is CC(C)(C)OC(=O)CCCCCCCCCCCCCCCCCCCC(C(=O)O)C(=O)O. The summed E-state index contributed by atoms with van der Waals surface area (Å²) in [5.74, 6) is -3.78. The normalized spacial score (nSPS) is 11.6. The van der Waals surface area contributed by atoms with Crippen molar-refractivity contribution in [3.05, 3.63) is 0 Å². The highest BCUT2D eigenvalue weighted by Crippen LogP contribution is 2.16. The second-order valence-electron chi connectivity index (χ2n) is 10.4. The van der Waals surface area contributed by atoms with Gasteiger partial charge >= 0.3 is 17.9 Å². The van der Waals surface area contributed by atoms with Crippen molar-refractivity contribution in [2.24, 2.45) is 5.92 Å². The number of hydrogen-bond acceptors (Lipinski definition) is 4. The van der Waals surface area contributed by atoms with Gasteiger partial charge in [0, 0.05) is 6.42 Å². The number of carboxylic acid groups (broad SMARTS) is 2. The number of hydrogen-bond donors (Lipinski definition) is 2. The van der Waals surface area contributed by atoms with E-state index in [9.17, 15) is 14.4 Å². The van der Waals surface area contributed by atoms with Crippen LogP contribution in [-0.2, 0) is 19.1 Å². The second-order valence-corrected chi connectivity index (χ2v) is 10.4. The number of carbonyl (C=O) groups excluding carboxylic acids is 1. The molecule has 0 heterocycles. The van der Waals surface area contributed by atoms with E-state index >= 15 is 0 Å². The first-order valence-electron chi connectivity index (χ1n) is 13.3. The summed E-state index contributed by atoms with van der Waals surface area (Å²) in [4.78, 5) is 33.3. The van der Waals surface area contributed by atoms with Gasteiger partial charge in [0.2, 0.25) is 0 Å². The molecule has 194 valence electrons. The minimum absolute atomic E-state index is 0.0776. The highest BCUT2D eigenvalue weighted by Gasteiger charge is 2.24. The third-order valence-corrected chi connectivity index (χ3v) is 5.89. The van der Waals surface area contributed by atoms with Gasteiger partial charge in [0.25, 0.3) is 0 Å². The summed E-state index contributed by atoms with van der Waals surface area (Å²) in [6.45, 7) is 5.72. The lowest BCUT2D eigenvalue weighted by Crippen LogP contribution is -2.23. The Kier molecular flexibility index (Phi) is 18.9. The van der Waals surface area contributed by atoms with Crippen LogP contribution in [-0.4, -0.2) is 33.7 Å². The molecular formula is C27H50O6. The summed E-state index contributed by atoms with van der Waals surface area (Å²) < 4.78 is 5.32. The number of aliphatic carboxylic acids is 2. The quantitative estimate of drug-likeness (QED) is 0.0963. The van der Waals surface area contributed by atoms with Crippen molar-refractivity contribution >= 4 is 17.9 Å². The molecule has 0 unspecified atom stereocenters. The van der Waals surface area contributed by atoms with Crippen LogP contribution >= 0.6 is 0 Å². The summed E-state index contributed by atoms with van der Waals surface area (Å²) in [7, 11) is 0. The Morgan fingerprint density at radius 3 is 1.18 bits per heavy atom. The molecule has 0 aliphatic heterocycles. The second kappa shape index (κ2) is 19.8. The van der Waals surface area contributed by atoms with Crippen molar-refractivity contribution in [2.45, 2.75) is 148 Å². The molecule has 0 saturated carbocycles. The van der Waals surface area contributed by atoms with E-state index in [0.717, 1.165) is 32.1 Å². The van der Waals surface area contributed by atoms with Gasteiger partial charge in [-0.2, -0.15) is 0 Å². The van der Waals surface area contributed by atoms with Gasteiger partial charge < -0.3 is 14.9 Å². The zero-order valence-electron chi connectivity index (χ0n) is 21.5. The van der Waals surface area contributed by atoms with E-state index in [0.29, 0.717) is 12.8 Å². The van der Waals surface area contributed by atoms with E-state index in [2.05, 4.69) is 0 Å². The molecule has 6 heteroatoms. The van der Waals surface area contributed by atoms with E-state index in [-0.39, 0.29) is 18.0 Å². The maximum Gasteiger partial charge on any atom is 0.317 e. The summed E-state index contributed by atoms with van der Waals surface area (Å²) in [6, 6.07) is 0. The number of unbranched alkanes of at least 4 members (excludes halogenated alkanes) is 16. The van der Waals surface area contributed by atoms with Gasteiger partial charge in [-0.05, 0) is 33.6 Å². The van der Waals surface area contributed by atoms with Crippen molar-refractivity contribution in [1.29, 1.82) is 0 Å². The molecule has 0 atom stereocenters. The number of rotatable bonds is 22. The number of carbonyl (C=O) groups is 3. The minimum Gasteiger partial charge on any atom is -0.481 e. The first-order chi connectivity index (χ1) is 15.6. The largest absolute Gasteiger partial charge is 0.481 e. The summed E-state index contributed by atoms with van der Waals surface area (Å²) in [5, 5.41) is 17.7. The molecule has 0 rings (SSSR count). The van der Waals surface area contributed by atoms with Crippen LogP contribution in [0.5, 0.6) is 0 Å². The van der Waals surface area contributed by atoms with Crippen LogP contribution < -0.4 is 0 Å². The van der Waals surface area contributed by atoms with Gasteiger partial charge in [0.05, 0.1) is 0 Å². The molecule has 0 fully saturated rings. The minimum atomic E-state index is -1.25. The van der Waals surface area contributed by atoms with Crippen LogP contribution in [0.15, 0.2) is 0 Å². The standard InChI is InChI=1S/C27H50O6/c1-27(2,3)33-24(28)22-20-18-16-14-12-10-8-6-4-5-7-9-11-13-15-17-19-21-23(25(29)30)26(31)32/h23H,4-22H2,1-3H3,(H,29,30)(H,31,32). The average molecular weight is 471 g/mol. The van der Waals surface area contributed by atoms with Gasteiger partial charge in [-0.15, -0.1) is 0 Å². The summed E-state index contributed by atoms with van der Waals surface area (Å²) >= 11 is 0. The van der Waals surface area contributed by atoms with E-state index in [1.807, 2.05) is 20.8 Å². The summed E-state index contributed by atoms with van der Waals surface area (Å²) in [6.07, 6.45) is 20.8. The van der Waals surface area contributed by atoms with Gasteiger partial charge in [-0.25, -0.2) is 0 Å². The molecule has 0 aromatic carbocycles. The fourth-order valence-corrected chi connectivity index (χ4v) is 4.01. The molecule has 0 spiro atoms. The van der Waals surface area contributed by atoms with Crippen LogP contribution in [0.25, 0.3) is 0 Å². The van der Waals surface area contributed by atoms with Gasteiger partial charge in [-0.1, -0.05) is 103 Å². The van der Waals surface area contributed by atoms with E-state index in [4.69, 9.17) is 14.9 Å². The van der Waals surface area contributed by atoms with Crippen LogP contribution in [0.2, 0.25) is 0 Å². The lowest BCUT2D eigenvalue weighted by Gasteiger charge is -2.19. The Hall–Kier alpha value is -1.59. The highest BCUT2D eigenvalue weighted by atomic mass is 16.6. The molecule has 6 nitrogen and oxygen atoms in total. The Bertz CT molecular complexity index is 509. The molecule has 0 bridgehead atoms. The number of esters is 1. The summed E-state index contributed by atoms with van der Waals surface area (Å²) in [5.41, 5.74) is -0.376. The van der Waals surface area contributed by atoms with Crippen molar-refractivity contribution in [1.82, 2.24) is 0 Å². The zero-order chi connectivity index (χ0) is 25.0. The predicted molar refractivity (Wildman–Crippen MR) is 132 cm³/mol. The van der Waals surface area contributed by atoms with Crippen LogP contribution in [0.4, 0.5) is 0 Å². The fraction of sp³-hybridized carbons (Fsp3) is 0.889. The van der Waals surface area contributed by atoms with Crippen LogP contribution in [0.3, 0.4) is 0 Å². The Morgan fingerprint density at radius 1 is 0.576 bits per heavy atom. The van der Waals surface area contributed by atoms with E-state index in [1.165, 1.54) is 70.6 Å².